The Labute approximate surface area is 114 Å². The standard InChI is InChI=1S/C15H10ClN3/c16-11-6-7-12-14(8-11)19-15(17-12)9-13(18-19)10-4-2-1-3-5-10/h1-9,18H. The molecule has 4 aromatic rings. The van der Waals surface area contributed by atoms with Crippen molar-refractivity contribution in [3.63, 3.8) is 0 Å². The van der Waals surface area contributed by atoms with Gasteiger partial charge in [0.1, 0.15) is 0 Å². The van der Waals surface area contributed by atoms with Crippen molar-refractivity contribution >= 4 is 28.3 Å². The van der Waals surface area contributed by atoms with Gasteiger partial charge in [-0.15, -0.1) is 0 Å². The van der Waals surface area contributed by atoms with Crippen LogP contribution in [-0.4, -0.2) is 14.6 Å². The summed E-state index contributed by atoms with van der Waals surface area (Å²) < 4.78 is 1.96. The molecule has 0 saturated heterocycles. The van der Waals surface area contributed by atoms with Crippen LogP contribution in [0, 0.1) is 0 Å². The molecule has 1 N–H and O–H groups in total. The number of rotatable bonds is 1. The van der Waals surface area contributed by atoms with Gasteiger partial charge in [0.2, 0.25) is 0 Å². The Morgan fingerprint density at radius 2 is 1.84 bits per heavy atom. The lowest BCUT2D eigenvalue weighted by Crippen LogP contribution is -1.84. The number of benzene rings is 2. The Kier molecular flexibility index (Phi) is 2.17. The van der Waals surface area contributed by atoms with Crippen LogP contribution in [0.1, 0.15) is 0 Å². The minimum absolute atomic E-state index is 0.713. The van der Waals surface area contributed by atoms with Crippen molar-refractivity contribution in [2.24, 2.45) is 0 Å². The molecular weight excluding hydrogens is 258 g/mol. The fraction of sp³-hybridized carbons (Fsp3) is 0. The number of aromatic nitrogens is 3. The maximum atomic E-state index is 6.04. The van der Waals surface area contributed by atoms with E-state index in [-0.39, 0.29) is 0 Å². The molecule has 4 heteroatoms. The molecule has 19 heavy (non-hydrogen) atoms. The van der Waals surface area contributed by atoms with Crippen LogP contribution in [0.3, 0.4) is 0 Å². The van der Waals surface area contributed by atoms with Crippen molar-refractivity contribution in [2.45, 2.75) is 0 Å². The predicted octanol–water partition coefficient (Wildman–Crippen LogP) is 4.14. The van der Waals surface area contributed by atoms with E-state index in [0.29, 0.717) is 5.02 Å². The number of hydrogen-bond donors (Lipinski definition) is 1. The van der Waals surface area contributed by atoms with Crippen molar-refractivity contribution in [2.75, 3.05) is 0 Å². The zero-order chi connectivity index (χ0) is 12.8. The van der Waals surface area contributed by atoms with Gasteiger partial charge in [-0.2, -0.15) is 0 Å². The Hall–Kier alpha value is -2.26. The molecule has 0 bridgehead atoms. The van der Waals surface area contributed by atoms with E-state index in [2.05, 4.69) is 22.2 Å². The van der Waals surface area contributed by atoms with Crippen molar-refractivity contribution < 1.29 is 0 Å². The molecule has 2 heterocycles. The van der Waals surface area contributed by atoms with Crippen LogP contribution < -0.4 is 0 Å². The number of halogens is 1. The third-order valence-electron chi connectivity index (χ3n) is 3.23. The molecule has 0 amide bonds. The van der Waals surface area contributed by atoms with E-state index in [1.54, 1.807) is 0 Å². The molecule has 0 atom stereocenters. The van der Waals surface area contributed by atoms with Crippen molar-refractivity contribution in [1.82, 2.24) is 14.6 Å². The second-order valence-corrected chi connectivity index (χ2v) is 4.91. The van der Waals surface area contributed by atoms with Crippen LogP contribution in [0.5, 0.6) is 0 Å². The van der Waals surface area contributed by atoms with Crippen molar-refractivity contribution in [1.29, 1.82) is 0 Å². The molecule has 2 aromatic carbocycles. The highest BCUT2D eigenvalue weighted by molar-refractivity contribution is 6.31. The van der Waals surface area contributed by atoms with E-state index in [0.717, 1.165) is 27.9 Å². The summed E-state index contributed by atoms with van der Waals surface area (Å²) >= 11 is 6.04. The van der Waals surface area contributed by atoms with Gasteiger partial charge >= 0.3 is 0 Å². The minimum atomic E-state index is 0.713. The summed E-state index contributed by atoms with van der Waals surface area (Å²) in [4.78, 5) is 4.58. The summed E-state index contributed by atoms with van der Waals surface area (Å²) in [6.07, 6.45) is 0. The molecule has 2 aromatic heterocycles. The molecule has 0 spiro atoms. The van der Waals surface area contributed by atoms with Crippen LogP contribution in [0.25, 0.3) is 27.9 Å². The quantitative estimate of drug-likeness (QED) is 0.552. The van der Waals surface area contributed by atoms with E-state index < -0.39 is 0 Å². The van der Waals surface area contributed by atoms with Gasteiger partial charge in [0.05, 0.1) is 16.7 Å². The Morgan fingerprint density at radius 1 is 1.00 bits per heavy atom. The second-order valence-electron chi connectivity index (χ2n) is 4.47. The molecule has 0 radical (unpaired) electrons. The summed E-state index contributed by atoms with van der Waals surface area (Å²) in [5, 5.41) is 4.07. The molecule has 3 nitrogen and oxygen atoms in total. The number of hydrogen-bond acceptors (Lipinski definition) is 1. The van der Waals surface area contributed by atoms with Crippen molar-refractivity contribution in [3.05, 3.63) is 59.6 Å². The van der Waals surface area contributed by atoms with E-state index in [4.69, 9.17) is 11.6 Å². The minimum Gasteiger partial charge on any atom is -0.292 e. The lowest BCUT2D eigenvalue weighted by atomic mass is 10.2. The van der Waals surface area contributed by atoms with Gasteiger partial charge < -0.3 is 0 Å². The van der Waals surface area contributed by atoms with Crippen LogP contribution >= 0.6 is 11.6 Å². The molecular formula is C15H10ClN3. The predicted molar refractivity (Wildman–Crippen MR) is 77.5 cm³/mol. The number of fused-ring (bicyclic) bond motifs is 3. The van der Waals surface area contributed by atoms with Gasteiger partial charge in [0.25, 0.3) is 0 Å². The average Bonchev–Trinajstić information content (AvgIpc) is 2.98. The van der Waals surface area contributed by atoms with Gasteiger partial charge in [-0.25, -0.2) is 9.50 Å². The number of aromatic amines is 1. The summed E-state index contributed by atoms with van der Waals surface area (Å²) in [6, 6.07) is 17.9. The summed E-state index contributed by atoms with van der Waals surface area (Å²) in [6.45, 7) is 0. The maximum absolute atomic E-state index is 6.04. The fourth-order valence-electron chi connectivity index (χ4n) is 2.33. The molecule has 0 aliphatic rings. The average molecular weight is 268 g/mol. The molecule has 0 aliphatic carbocycles. The molecule has 0 fully saturated rings. The first-order chi connectivity index (χ1) is 9.31. The second kappa shape index (κ2) is 3.87. The van der Waals surface area contributed by atoms with Gasteiger partial charge in [-0.3, -0.25) is 5.10 Å². The van der Waals surface area contributed by atoms with Crippen LogP contribution in [0.2, 0.25) is 5.02 Å². The molecule has 0 saturated carbocycles. The first-order valence-corrected chi connectivity index (χ1v) is 6.41. The van der Waals surface area contributed by atoms with E-state index >= 15 is 0 Å². The SMILES string of the molecule is Clc1ccc2nc3cc(-c4ccccc4)[nH]n3c2c1. The van der Waals surface area contributed by atoms with E-state index in [9.17, 15) is 0 Å². The monoisotopic (exact) mass is 267 g/mol. The highest BCUT2D eigenvalue weighted by atomic mass is 35.5. The van der Waals surface area contributed by atoms with Gasteiger partial charge in [0, 0.05) is 11.1 Å². The highest BCUT2D eigenvalue weighted by Crippen LogP contribution is 2.24. The van der Waals surface area contributed by atoms with Gasteiger partial charge in [-0.05, 0) is 23.8 Å². The molecule has 0 aliphatic heterocycles. The Balaban J connectivity index is 2.00. The number of imidazole rings is 1. The lowest BCUT2D eigenvalue weighted by molar-refractivity contribution is 1.01. The Morgan fingerprint density at radius 3 is 2.68 bits per heavy atom. The zero-order valence-electron chi connectivity index (χ0n) is 9.97. The van der Waals surface area contributed by atoms with Gasteiger partial charge in [0.15, 0.2) is 5.65 Å². The van der Waals surface area contributed by atoms with Crippen LogP contribution in [0.4, 0.5) is 0 Å². The topological polar surface area (TPSA) is 33.1 Å². The lowest BCUT2D eigenvalue weighted by Gasteiger charge is -1.96. The summed E-state index contributed by atoms with van der Waals surface area (Å²) in [5.74, 6) is 0. The zero-order valence-corrected chi connectivity index (χ0v) is 10.7. The third-order valence-corrected chi connectivity index (χ3v) is 3.47. The Bertz CT molecular complexity index is 874. The summed E-state index contributed by atoms with van der Waals surface area (Å²) in [7, 11) is 0. The van der Waals surface area contributed by atoms with E-state index in [1.807, 2.05) is 47.0 Å². The first kappa shape index (κ1) is 10.6. The molecule has 0 unspecified atom stereocenters. The highest BCUT2D eigenvalue weighted by Gasteiger charge is 2.09. The number of nitrogens with one attached hydrogen (secondary N) is 1. The van der Waals surface area contributed by atoms with Crippen molar-refractivity contribution in [3.8, 4) is 11.3 Å². The fourth-order valence-corrected chi connectivity index (χ4v) is 2.50. The van der Waals surface area contributed by atoms with Crippen LogP contribution in [-0.2, 0) is 0 Å². The largest absolute Gasteiger partial charge is 0.292 e. The number of H-pyrrole nitrogens is 1. The normalized spacial score (nSPS) is 11.4. The molecule has 4 rings (SSSR count). The maximum Gasteiger partial charge on any atom is 0.154 e. The van der Waals surface area contributed by atoms with Crippen LogP contribution in [0.15, 0.2) is 54.6 Å². The first-order valence-electron chi connectivity index (χ1n) is 6.03. The number of nitrogens with zero attached hydrogens (tertiary/aromatic N) is 2. The third kappa shape index (κ3) is 1.63. The summed E-state index contributed by atoms with van der Waals surface area (Å²) in [5.41, 5.74) is 5.02. The smallest absolute Gasteiger partial charge is 0.154 e. The van der Waals surface area contributed by atoms with E-state index in [1.165, 1.54) is 0 Å². The molecule has 92 valence electrons. The van der Waals surface area contributed by atoms with Gasteiger partial charge in [-0.1, -0.05) is 41.9 Å².